The normalized spacial score (nSPS) is 21.7. The van der Waals surface area contributed by atoms with Crippen LogP contribution < -0.4 is 0 Å². The van der Waals surface area contributed by atoms with Crippen LogP contribution in [0.25, 0.3) is 11.4 Å². The lowest BCUT2D eigenvalue weighted by atomic mass is 10.1. The molecule has 0 N–H and O–H groups in total. The summed E-state index contributed by atoms with van der Waals surface area (Å²) >= 11 is 3.46. The Balaban J connectivity index is 1.37. The molecule has 5 nitrogen and oxygen atoms in total. The van der Waals surface area contributed by atoms with Crippen LogP contribution in [-0.4, -0.2) is 27.5 Å². The molecule has 1 aliphatic heterocycles. The summed E-state index contributed by atoms with van der Waals surface area (Å²) in [5.41, 5.74) is 3.53. The predicted molar refractivity (Wildman–Crippen MR) is 104 cm³/mol. The van der Waals surface area contributed by atoms with Gasteiger partial charge in [0, 0.05) is 23.0 Å². The van der Waals surface area contributed by atoms with E-state index in [1.165, 1.54) is 11.1 Å². The first kappa shape index (κ1) is 16.7. The van der Waals surface area contributed by atoms with E-state index in [4.69, 9.17) is 4.52 Å². The molecule has 2 heterocycles. The van der Waals surface area contributed by atoms with Gasteiger partial charge in [-0.15, -0.1) is 0 Å². The number of rotatable bonds is 3. The summed E-state index contributed by atoms with van der Waals surface area (Å²) < 4.78 is 6.48. The molecule has 2 atom stereocenters. The highest BCUT2D eigenvalue weighted by Gasteiger charge is 2.40. The Labute approximate surface area is 165 Å². The molecule has 0 radical (unpaired) electrons. The van der Waals surface area contributed by atoms with Crippen LogP contribution in [-0.2, 0) is 11.2 Å². The third-order valence-electron chi connectivity index (χ3n) is 5.51. The summed E-state index contributed by atoms with van der Waals surface area (Å²) in [6.45, 7) is 0.637. The monoisotopic (exact) mass is 423 g/mol. The average Bonchev–Trinajstić information content (AvgIpc) is 3.39. The molecule has 1 aliphatic carbocycles. The number of halogens is 1. The molecule has 3 aromatic rings. The molecule has 6 heteroatoms. The zero-order valence-electron chi connectivity index (χ0n) is 14.6. The number of carbonyl (C=O) groups excluding carboxylic acids is 1. The average molecular weight is 424 g/mol. The van der Waals surface area contributed by atoms with Crippen molar-refractivity contribution >= 4 is 21.8 Å². The van der Waals surface area contributed by atoms with Crippen molar-refractivity contribution in [1.29, 1.82) is 0 Å². The second-order valence-electron chi connectivity index (χ2n) is 7.17. The number of hydrogen-bond donors (Lipinski definition) is 0. The number of amides is 1. The molecule has 27 heavy (non-hydrogen) atoms. The molecule has 0 spiro atoms. The van der Waals surface area contributed by atoms with Gasteiger partial charge >= 0.3 is 0 Å². The molecule has 0 bridgehead atoms. The minimum absolute atomic E-state index is 0.0429. The lowest BCUT2D eigenvalue weighted by Crippen LogP contribution is -2.28. The minimum atomic E-state index is -0.0429. The van der Waals surface area contributed by atoms with Gasteiger partial charge in [0.05, 0.1) is 12.0 Å². The van der Waals surface area contributed by atoms with E-state index < -0.39 is 0 Å². The third kappa shape index (κ3) is 2.98. The highest BCUT2D eigenvalue weighted by Crippen LogP contribution is 2.40. The number of hydrogen-bond acceptors (Lipinski definition) is 4. The van der Waals surface area contributed by atoms with Gasteiger partial charge in [-0.1, -0.05) is 57.5 Å². The summed E-state index contributed by atoms with van der Waals surface area (Å²) in [6.07, 6.45) is 2.45. The highest BCUT2D eigenvalue weighted by molar-refractivity contribution is 9.10. The predicted octanol–water partition coefficient (Wildman–Crippen LogP) is 4.50. The van der Waals surface area contributed by atoms with Gasteiger partial charge in [0.1, 0.15) is 0 Å². The molecular formula is C21H18BrN3O2. The number of benzene rings is 2. The third-order valence-corrected chi connectivity index (χ3v) is 6.00. The number of aryl methyl sites for hydroxylation is 1. The van der Waals surface area contributed by atoms with E-state index in [0.29, 0.717) is 24.7 Å². The molecule has 2 unspecified atom stereocenters. The lowest BCUT2D eigenvalue weighted by Gasteiger charge is -2.25. The quantitative estimate of drug-likeness (QED) is 0.621. The molecule has 5 rings (SSSR count). The molecule has 1 aromatic heterocycles. The smallest absolute Gasteiger partial charge is 0.232 e. The Morgan fingerprint density at radius 1 is 1.15 bits per heavy atom. The van der Waals surface area contributed by atoms with Gasteiger partial charge in [0.25, 0.3) is 0 Å². The van der Waals surface area contributed by atoms with Crippen LogP contribution in [0.4, 0.5) is 0 Å². The molecule has 2 aliphatic rings. The number of nitrogens with zero attached hydrogens (tertiary/aromatic N) is 3. The van der Waals surface area contributed by atoms with Crippen molar-refractivity contribution in [1.82, 2.24) is 15.0 Å². The van der Waals surface area contributed by atoms with Crippen LogP contribution in [0.2, 0.25) is 0 Å². The van der Waals surface area contributed by atoms with Gasteiger partial charge in [-0.2, -0.15) is 4.98 Å². The van der Waals surface area contributed by atoms with Crippen molar-refractivity contribution in [3.8, 4) is 11.4 Å². The molecule has 1 fully saturated rings. The topological polar surface area (TPSA) is 59.2 Å². The van der Waals surface area contributed by atoms with Crippen molar-refractivity contribution in [2.45, 2.75) is 31.2 Å². The number of carbonyl (C=O) groups is 1. The Kier molecular flexibility index (Phi) is 4.08. The maximum absolute atomic E-state index is 12.7. The summed E-state index contributed by atoms with van der Waals surface area (Å²) in [5.74, 6) is 1.23. The van der Waals surface area contributed by atoms with Crippen LogP contribution in [0.1, 0.15) is 41.8 Å². The molecular weight excluding hydrogens is 406 g/mol. The van der Waals surface area contributed by atoms with Crippen molar-refractivity contribution in [3.05, 3.63) is 70.0 Å². The van der Waals surface area contributed by atoms with Gasteiger partial charge in [0.15, 0.2) is 0 Å². The maximum Gasteiger partial charge on any atom is 0.232 e. The first-order valence-corrected chi connectivity index (χ1v) is 9.95. The van der Waals surface area contributed by atoms with Crippen LogP contribution in [0.3, 0.4) is 0 Å². The van der Waals surface area contributed by atoms with E-state index in [1.807, 2.05) is 29.2 Å². The van der Waals surface area contributed by atoms with Crippen LogP contribution in [0.15, 0.2) is 57.5 Å². The second-order valence-corrected chi connectivity index (χ2v) is 8.08. The van der Waals surface area contributed by atoms with E-state index in [2.05, 4.69) is 50.3 Å². The first-order chi connectivity index (χ1) is 13.2. The number of likely N-dealkylation sites (tertiary alicyclic amines) is 1. The summed E-state index contributed by atoms with van der Waals surface area (Å²) in [7, 11) is 0. The van der Waals surface area contributed by atoms with E-state index in [9.17, 15) is 4.79 Å². The minimum Gasteiger partial charge on any atom is -0.339 e. The molecule has 0 saturated carbocycles. The van der Waals surface area contributed by atoms with Crippen molar-refractivity contribution in [3.63, 3.8) is 0 Å². The fraction of sp³-hybridized carbons (Fsp3) is 0.286. The van der Waals surface area contributed by atoms with Crippen LogP contribution in [0, 0.1) is 0 Å². The Morgan fingerprint density at radius 3 is 2.93 bits per heavy atom. The van der Waals surface area contributed by atoms with Gasteiger partial charge in [0.2, 0.25) is 17.6 Å². The Morgan fingerprint density at radius 2 is 2.04 bits per heavy atom. The summed E-state index contributed by atoms with van der Waals surface area (Å²) in [4.78, 5) is 19.3. The Hall–Kier alpha value is -2.47. The zero-order chi connectivity index (χ0) is 18.4. The van der Waals surface area contributed by atoms with Crippen LogP contribution >= 0.6 is 15.9 Å². The van der Waals surface area contributed by atoms with Gasteiger partial charge in [-0.05, 0) is 36.1 Å². The first-order valence-electron chi connectivity index (χ1n) is 9.16. The fourth-order valence-electron chi connectivity index (χ4n) is 4.20. The van der Waals surface area contributed by atoms with Crippen molar-refractivity contribution in [2.75, 3.05) is 6.54 Å². The van der Waals surface area contributed by atoms with Gasteiger partial charge in [-0.25, -0.2) is 0 Å². The van der Waals surface area contributed by atoms with E-state index in [1.54, 1.807) is 0 Å². The van der Waals surface area contributed by atoms with E-state index in [-0.39, 0.29) is 17.9 Å². The van der Waals surface area contributed by atoms with Crippen molar-refractivity contribution < 1.29 is 9.32 Å². The summed E-state index contributed by atoms with van der Waals surface area (Å²) in [6, 6.07) is 16.4. The molecule has 2 aromatic carbocycles. The molecule has 136 valence electrons. The molecule has 1 amide bonds. The van der Waals surface area contributed by atoms with Gasteiger partial charge < -0.3 is 9.42 Å². The van der Waals surface area contributed by atoms with Gasteiger partial charge in [-0.3, -0.25) is 4.79 Å². The van der Waals surface area contributed by atoms with Crippen molar-refractivity contribution in [2.24, 2.45) is 0 Å². The maximum atomic E-state index is 12.7. The zero-order valence-corrected chi connectivity index (χ0v) is 16.2. The second kappa shape index (κ2) is 6.60. The molecule has 1 saturated heterocycles. The lowest BCUT2D eigenvalue weighted by molar-refractivity contribution is -0.129. The standard InChI is InChI=1S/C21H18BrN3O2/c22-16-6-3-5-14(10-16)20-23-21(27-24-20)15-11-19(26)25(12-15)18-9-8-13-4-1-2-7-17(13)18/h1-7,10,15,18H,8-9,11-12H2. The van der Waals surface area contributed by atoms with Crippen LogP contribution in [0.5, 0.6) is 0 Å². The number of aromatic nitrogens is 2. The fourth-order valence-corrected chi connectivity index (χ4v) is 4.60. The summed E-state index contributed by atoms with van der Waals surface area (Å²) in [5, 5.41) is 4.12. The largest absolute Gasteiger partial charge is 0.339 e. The highest BCUT2D eigenvalue weighted by atomic mass is 79.9. The van der Waals surface area contributed by atoms with E-state index in [0.717, 1.165) is 22.9 Å². The number of fused-ring (bicyclic) bond motifs is 1. The van der Waals surface area contributed by atoms with E-state index >= 15 is 0 Å². The Bertz CT molecular complexity index is 1020. The SMILES string of the molecule is O=C1CC(c2nc(-c3cccc(Br)c3)no2)CN1C1CCc2ccccc21.